The van der Waals surface area contributed by atoms with Crippen molar-refractivity contribution in [2.45, 2.75) is 45.2 Å². The van der Waals surface area contributed by atoms with E-state index in [4.69, 9.17) is 0 Å². The van der Waals surface area contributed by atoms with Crippen LogP contribution in [0.5, 0.6) is 0 Å². The normalized spacial score (nSPS) is 24.8. The van der Waals surface area contributed by atoms with Crippen molar-refractivity contribution in [3.05, 3.63) is 16.1 Å². The summed E-state index contributed by atoms with van der Waals surface area (Å²) in [6.45, 7) is 2.99. The quantitative estimate of drug-likeness (QED) is 0.827. The van der Waals surface area contributed by atoms with Gasteiger partial charge in [0.25, 0.3) is 0 Å². The molecule has 1 heterocycles. The lowest BCUT2D eigenvalue weighted by Crippen LogP contribution is -2.39. The van der Waals surface area contributed by atoms with Gasteiger partial charge in [0.15, 0.2) is 0 Å². The first-order chi connectivity index (χ1) is 8.22. The average Bonchev–Trinajstić information content (AvgIpc) is 2.75. The number of aromatic nitrogens is 1. The van der Waals surface area contributed by atoms with E-state index < -0.39 is 0 Å². The summed E-state index contributed by atoms with van der Waals surface area (Å²) < 4.78 is 0. The third-order valence-corrected chi connectivity index (χ3v) is 4.62. The smallest absolute Gasteiger partial charge is 0.0798 e. The summed E-state index contributed by atoms with van der Waals surface area (Å²) in [4.78, 5) is 7.95. The van der Waals surface area contributed by atoms with Crippen LogP contribution in [0.3, 0.4) is 0 Å². The first-order valence-corrected chi connectivity index (χ1v) is 7.09. The van der Waals surface area contributed by atoms with Crippen LogP contribution in [0, 0.1) is 24.2 Å². The molecular weight excluding hydrogens is 230 g/mol. The molecule has 2 atom stereocenters. The Hall–Kier alpha value is -0.920. The third-order valence-electron chi connectivity index (χ3n) is 3.70. The molecule has 2 rings (SSSR count). The molecule has 1 aliphatic carbocycles. The Morgan fingerprint density at radius 2 is 2.29 bits per heavy atom. The van der Waals surface area contributed by atoms with Gasteiger partial charge in [-0.15, -0.1) is 11.3 Å². The highest BCUT2D eigenvalue weighted by atomic mass is 32.1. The molecule has 2 unspecified atom stereocenters. The minimum absolute atomic E-state index is 0.210. The van der Waals surface area contributed by atoms with Gasteiger partial charge in [-0.3, -0.25) is 4.90 Å². The van der Waals surface area contributed by atoms with E-state index >= 15 is 0 Å². The number of hydrogen-bond acceptors (Lipinski definition) is 4. The summed E-state index contributed by atoms with van der Waals surface area (Å²) in [6.07, 6.45) is 4.69. The maximum Gasteiger partial charge on any atom is 0.0798 e. The molecule has 0 saturated heterocycles. The highest BCUT2D eigenvalue weighted by molar-refractivity contribution is 7.09. The maximum absolute atomic E-state index is 9.20. The molecule has 0 aliphatic heterocycles. The Balaban J connectivity index is 2.01. The lowest BCUT2D eigenvalue weighted by atomic mass is 9.84. The molecule has 0 spiro atoms. The Labute approximate surface area is 107 Å². The Morgan fingerprint density at radius 1 is 1.53 bits per heavy atom. The fraction of sp³-hybridized carbons (Fsp3) is 0.692. The minimum atomic E-state index is 0.210. The van der Waals surface area contributed by atoms with Crippen molar-refractivity contribution in [1.29, 1.82) is 5.26 Å². The van der Waals surface area contributed by atoms with Crippen molar-refractivity contribution < 1.29 is 0 Å². The zero-order chi connectivity index (χ0) is 12.3. The van der Waals surface area contributed by atoms with E-state index in [1.807, 2.05) is 5.51 Å². The molecule has 4 heteroatoms. The summed E-state index contributed by atoms with van der Waals surface area (Å²) in [7, 11) is 2.14. The van der Waals surface area contributed by atoms with E-state index in [-0.39, 0.29) is 5.92 Å². The number of nitrogens with zero attached hydrogens (tertiary/aromatic N) is 3. The van der Waals surface area contributed by atoms with E-state index in [0.717, 1.165) is 25.1 Å². The fourth-order valence-electron chi connectivity index (χ4n) is 2.61. The van der Waals surface area contributed by atoms with Crippen molar-refractivity contribution in [2.24, 2.45) is 5.92 Å². The van der Waals surface area contributed by atoms with Gasteiger partial charge >= 0.3 is 0 Å². The minimum Gasteiger partial charge on any atom is -0.297 e. The largest absolute Gasteiger partial charge is 0.297 e. The van der Waals surface area contributed by atoms with Crippen LogP contribution in [-0.4, -0.2) is 23.0 Å². The molecule has 1 saturated carbocycles. The number of thiazole rings is 1. The van der Waals surface area contributed by atoms with E-state index in [0.29, 0.717) is 6.04 Å². The highest BCUT2D eigenvalue weighted by Crippen LogP contribution is 2.29. The molecule has 1 aromatic rings. The maximum atomic E-state index is 9.20. The van der Waals surface area contributed by atoms with Crippen molar-refractivity contribution in [2.75, 3.05) is 7.05 Å². The molecule has 1 aromatic heterocycles. The molecule has 0 N–H and O–H groups in total. The van der Waals surface area contributed by atoms with Crippen molar-refractivity contribution in [3.63, 3.8) is 0 Å². The van der Waals surface area contributed by atoms with Crippen LogP contribution in [0.1, 0.15) is 36.3 Å². The van der Waals surface area contributed by atoms with E-state index in [1.165, 1.54) is 17.7 Å². The molecular formula is C13H19N3S. The van der Waals surface area contributed by atoms with Crippen LogP contribution in [0.25, 0.3) is 0 Å². The zero-order valence-corrected chi connectivity index (χ0v) is 11.3. The number of aryl methyl sites for hydroxylation is 1. The van der Waals surface area contributed by atoms with Gasteiger partial charge in [-0.2, -0.15) is 5.26 Å². The SMILES string of the molecule is Cc1ncsc1CN(C)C1CCCCC1C#N. The van der Waals surface area contributed by atoms with Gasteiger partial charge < -0.3 is 0 Å². The van der Waals surface area contributed by atoms with E-state index in [9.17, 15) is 5.26 Å². The lowest BCUT2D eigenvalue weighted by Gasteiger charge is -2.34. The summed E-state index contributed by atoms with van der Waals surface area (Å²) in [6, 6.07) is 2.90. The van der Waals surface area contributed by atoms with Gasteiger partial charge in [0.2, 0.25) is 0 Å². The summed E-state index contributed by atoms with van der Waals surface area (Å²) in [5.41, 5.74) is 3.03. The Morgan fingerprint density at radius 3 is 2.94 bits per heavy atom. The Kier molecular flexibility index (Phi) is 4.14. The second-order valence-corrected chi connectivity index (χ2v) is 5.80. The van der Waals surface area contributed by atoms with E-state index in [2.05, 4.69) is 29.9 Å². The van der Waals surface area contributed by atoms with Gasteiger partial charge in [0, 0.05) is 17.5 Å². The monoisotopic (exact) mass is 249 g/mol. The zero-order valence-electron chi connectivity index (χ0n) is 10.5. The van der Waals surface area contributed by atoms with Crippen molar-refractivity contribution in [3.8, 4) is 6.07 Å². The molecule has 17 heavy (non-hydrogen) atoms. The van der Waals surface area contributed by atoms with E-state index in [1.54, 1.807) is 11.3 Å². The summed E-state index contributed by atoms with van der Waals surface area (Å²) in [5.74, 6) is 0.210. The Bertz CT molecular complexity index is 407. The molecule has 0 radical (unpaired) electrons. The van der Waals surface area contributed by atoms with Gasteiger partial charge in [-0.25, -0.2) is 4.98 Å². The van der Waals surface area contributed by atoms with Crippen molar-refractivity contribution >= 4 is 11.3 Å². The topological polar surface area (TPSA) is 39.9 Å². The molecule has 0 bridgehead atoms. The lowest BCUT2D eigenvalue weighted by molar-refractivity contribution is 0.151. The first kappa shape index (κ1) is 12.5. The number of nitriles is 1. The molecule has 92 valence electrons. The summed E-state index contributed by atoms with van der Waals surface area (Å²) in [5, 5.41) is 9.20. The van der Waals surface area contributed by atoms with Crippen molar-refractivity contribution in [1.82, 2.24) is 9.88 Å². The molecule has 0 aromatic carbocycles. The predicted molar refractivity (Wildman–Crippen MR) is 69.7 cm³/mol. The number of rotatable bonds is 3. The molecule has 3 nitrogen and oxygen atoms in total. The summed E-state index contributed by atoms with van der Waals surface area (Å²) >= 11 is 1.72. The third kappa shape index (κ3) is 2.85. The first-order valence-electron chi connectivity index (χ1n) is 6.21. The van der Waals surface area contributed by atoms with Gasteiger partial charge in [-0.05, 0) is 26.8 Å². The molecule has 1 aliphatic rings. The van der Waals surface area contributed by atoms with Gasteiger partial charge in [0.1, 0.15) is 0 Å². The highest BCUT2D eigenvalue weighted by Gasteiger charge is 2.28. The fourth-order valence-corrected chi connectivity index (χ4v) is 3.45. The second kappa shape index (κ2) is 5.61. The van der Waals surface area contributed by atoms with Crippen LogP contribution in [-0.2, 0) is 6.54 Å². The average molecular weight is 249 g/mol. The molecule has 1 fully saturated rings. The standard InChI is InChI=1S/C13H19N3S/c1-10-13(17-9-15-10)8-16(2)12-6-4-3-5-11(12)7-14/h9,11-12H,3-6,8H2,1-2H3. The number of hydrogen-bond donors (Lipinski definition) is 0. The van der Waals surface area contributed by atoms with Crippen LogP contribution in [0.2, 0.25) is 0 Å². The predicted octanol–water partition coefficient (Wildman–Crippen LogP) is 2.97. The van der Waals surface area contributed by atoms with Gasteiger partial charge in [0.05, 0.1) is 23.2 Å². The van der Waals surface area contributed by atoms with Gasteiger partial charge in [-0.1, -0.05) is 12.8 Å². The molecule has 0 amide bonds. The van der Waals surface area contributed by atoms with Crippen LogP contribution in [0.4, 0.5) is 0 Å². The van der Waals surface area contributed by atoms with Crippen LogP contribution >= 0.6 is 11.3 Å². The van der Waals surface area contributed by atoms with Crippen LogP contribution in [0.15, 0.2) is 5.51 Å². The van der Waals surface area contributed by atoms with Crippen LogP contribution < -0.4 is 0 Å². The second-order valence-electron chi connectivity index (χ2n) is 4.86.